The van der Waals surface area contributed by atoms with E-state index in [2.05, 4.69) is 28.2 Å². The van der Waals surface area contributed by atoms with Gasteiger partial charge in [0.05, 0.1) is 31.6 Å². The van der Waals surface area contributed by atoms with Gasteiger partial charge in [-0.2, -0.15) is 0 Å². The molecule has 0 saturated carbocycles. The lowest BCUT2D eigenvalue weighted by Gasteiger charge is -2.60. The molecule has 0 amide bonds. The number of phenolic OH excluding ortho intramolecular Hbond substituents is 2. The summed E-state index contributed by atoms with van der Waals surface area (Å²) in [5, 5.41) is 25.8. The number of ether oxygens (including phenoxy) is 6. The van der Waals surface area contributed by atoms with Crippen LogP contribution in [0, 0.1) is 13.8 Å². The Morgan fingerprint density at radius 2 is 1.81 bits per heavy atom. The molecule has 0 radical (unpaired) electrons. The largest absolute Gasteiger partial charge is 0.504 e. The van der Waals surface area contributed by atoms with E-state index in [4.69, 9.17) is 28.4 Å². The first-order valence-electron chi connectivity index (χ1n) is 17.9. The van der Waals surface area contributed by atoms with Gasteiger partial charge in [0.1, 0.15) is 12.4 Å². The lowest BCUT2D eigenvalue weighted by Crippen LogP contribution is -2.65. The van der Waals surface area contributed by atoms with Crippen molar-refractivity contribution in [3.63, 3.8) is 0 Å². The van der Waals surface area contributed by atoms with Gasteiger partial charge in [-0.3, -0.25) is 19.9 Å². The van der Waals surface area contributed by atoms with Crippen molar-refractivity contribution >= 4 is 23.7 Å². The summed E-state index contributed by atoms with van der Waals surface area (Å²) in [6.07, 6.45) is 1.31. The summed E-state index contributed by atoms with van der Waals surface area (Å²) in [6.45, 7) is 6.33. The van der Waals surface area contributed by atoms with E-state index >= 15 is 0 Å². The summed E-state index contributed by atoms with van der Waals surface area (Å²) in [4.78, 5) is 32.3. The van der Waals surface area contributed by atoms with Gasteiger partial charge in [0.25, 0.3) is 0 Å². The number of methoxy groups -OCH3 is 2. The summed E-state index contributed by atoms with van der Waals surface area (Å²) in [5.41, 5.74) is 5.22. The molecule has 0 aromatic heterocycles. The number of aryl methyl sites for hydroxylation is 1. The zero-order chi connectivity index (χ0) is 37.1. The van der Waals surface area contributed by atoms with Crippen molar-refractivity contribution in [3.05, 3.63) is 62.7 Å². The Morgan fingerprint density at radius 3 is 2.57 bits per heavy atom. The average molecular weight is 746 g/mol. The first kappa shape index (κ1) is 34.4. The van der Waals surface area contributed by atoms with Gasteiger partial charge < -0.3 is 38.6 Å². The summed E-state index contributed by atoms with van der Waals surface area (Å²) in [6, 6.07) is 4.51. The molecule has 2 saturated heterocycles. The van der Waals surface area contributed by atoms with Gasteiger partial charge in [0.15, 0.2) is 40.0 Å². The van der Waals surface area contributed by atoms with Crippen molar-refractivity contribution < 1.29 is 48.2 Å². The van der Waals surface area contributed by atoms with Crippen LogP contribution in [0.15, 0.2) is 18.2 Å². The predicted octanol–water partition coefficient (Wildman–Crippen LogP) is 4.09. The molecule has 0 aliphatic carbocycles. The highest BCUT2D eigenvalue weighted by molar-refractivity contribution is 7.99. The van der Waals surface area contributed by atoms with Gasteiger partial charge in [-0.25, -0.2) is 4.79 Å². The van der Waals surface area contributed by atoms with E-state index in [1.54, 1.807) is 31.0 Å². The highest BCUT2D eigenvalue weighted by Gasteiger charge is 2.59. The normalized spacial score (nSPS) is 28.3. The third-order valence-electron chi connectivity index (χ3n) is 12.2. The fraction of sp³-hybridized carbons (Fsp3) is 0.487. The Labute approximate surface area is 311 Å². The first-order chi connectivity index (χ1) is 25.5. The van der Waals surface area contributed by atoms with E-state index in [1.165, 1.54) is 14.0 Å². The summed E-state index contributed by atoms with van der Waals surface area (Å²) < 4.78 is 36.2. The molecule has 14 heteroatoms. The molecule has 3 aromatic carbocycles. The predicted molar refractivity (Wildman–Crippen MR) is 193 cm³/mol. The van der Waals surface area contributed by atoms with E-state index in [1.807, 2.05) is 13.8 Å². The number of rotatable bonds is 3. The zero-order valence-corrected chi connectivity index (χ0v) is 31.3. The molecule has 53 heavy (non-hydrogen) atoms. The van der Waals surface area contributed by atoms with Crippen LogP contribution in [0.3, 0.4) is 0 Å². The van der Waals surface area contributed by atoms with Crippen LogP contribution in [-0.4, -0.2) is 97.5 Å². The van der Waals surface area contributed by atoms with Crippen LogP contribution in [0.1, 0.15) is 68.8 Å². The molecule has 6 atom stereocenters. The van der Waals surface area contributed by atoms with Crippen LogP contribution in [-0.2, 0) is 32.7 Å². The van der Waals surface area contributed by atoms with Gasteiger partial charge in [0, 0.05) is 60.1 Å². The monoisotopic (exact) mass is 745 g/mol. The van der Waals surface area contributed by atoms with Crippen molar-refractivity contribution in [1.82, 2.24) is 15.1 Å². The van der Waals surface area contributed by atoms with E-state index in [0.29, 0.717) is 60.1 Å². The standard InChI is InChI=1S/C39H43N3O10S/c1-17-9-21-10-22-13-42-24-14-49-38(46)39(23-12-26(47-5)25(44)11-20(23)7-8-40-39)15-53-37(31(42)30(41(22)4)27(21)32(45)33(17)48-6)29-28(24)36-35(50-16-51-36)18(2)34(29)52-19(3)43/h9,11-12,22,24,30-31,37,40,44-45H,7-8,10,13-16H2,1-6H3/t22-,24-,30+,31?,37+,39+/m0/s1. The Kier molecular flexibility index (Phi) is 8.01. The second-order valence-electron chi connectivity index (χ2n) is 14.9. The van der Waals surface area contributed by atoms with Gasteiger partial charge in [-0.15, -0.1) is 11.8 Å². The van der Waals surface area contributed by atoms with Gasteiger partial charge in [0.2, 0.25) is 6.79 Å². The number of aromatic hydroxyl groups is 2. The zero-order valence-electron chi connectivity index (χ0n) is 30.5. The Balaban J connectivity index is 1.30. The number of nitrogens with one attached hydrogen (secondary N) is 1. The molecule has 7 aliphatic rings. The minimum atomic E-state index is -1.29. The number of esters is 2. The number of fused-ring (bicyclic) bond motifs is 9. The number of carbonyl (C=O) groups excluding carboxylic acids is 2. The smallest absolute Gasteiger partial charge is 0.331 e. The lowest BCUT2D eigenvalue weighted by molar-refractivity contribution is -0.156. The Hall–Kier alpha value is -4.37. The third-order valence-corrected chi connectivity index (χ3v) is 13.7. The summed E-state index contributed by atoms with van der Waals surface area (Å²) in [5.74, 6) is 1.66. The quantitative estimate of drug-likeness (QED) is 0.261. The molecule has 1 spiro atoms. The van der Waals surface area contributed by atoms with Crippen molar-refractivity contribution in [1.29, 1.82) is 0 Å². The van der Waals surface area contributed by atoms with Gasteiger partial charge in [-0.1, -0.05) is 6.07 Å². The number of phenols is 2. The minimum Gasteiger partial charge on any atom is -0.504 e. The molecule has 280 valence electrons. The average Bonchev–Trinajstić information content (AvgIpc) is 3.61. The van der Waals surface area contributed by atoms with Crippen molar-refractivity contribution in [2.45, 2.75) is 68.6 Å². The van der Waals surface area contributed by atoms with E-state index in [0.717, 1.165) is 33.4 Å². The molecule has 10 rings (SSSR count). The molecule has 3 aromatic rings. The number of thioether (sulfide) groups is 1. The van der Waals surface area contributed by atoms with Crippen molar-refractivity contribution in [2.24, 2.45) is 0 Å². The maximum absolute atomic E-state index is 14.7. The number of benzene rings is 3. The van der Waals surface area contributed by atoms with Crippen molar-refractivity contribution in [2.75, 3.05) is 53.5 Å². The van der Waals surface area contributed by atoms with Crippen LogP contribution in [0.5, 0.6) is 40.2 Å². The van der Waals surface area contributed by atoms with E-state index in [9.17, 15) is 19.8 Å². The number of hydrogen-bond acceptors (Lipinski definition) is 14. The summed E-state index contributed by atoms with van der Waals surface area (Å²) in [7, 11) is 5.17. The van der Waals surface area contributed by atoms with Crippen LogP contribution < -0.4 is 29.0 Å². The van der Waals surface area contributed by atoms with Gasteiger partial charge in [-0.05, 0) is 68.1 Å². The second kappa shape index (κ2) is 12.3. The highest BCUT2D eigenvalue weighted by Crippen LogP contribution is 2.63. The van der Waals surface area contributed by atoms with Crippen LogP contribution in [0.2, 0.25) is 0 Å². The SMILES string of the molecule is COc1cc2c(cc1O)CCN[C@]21CS[C@@H]2c3c(OC(C)=O)c(C)c4c(c3[C@H](COC1=O)N1C[C@@H]3Cc5cc(C)c(OC)c(O)c5[C@H](C21)N3C)OCO4. The Bertz CT molecular complexity index is 2090. The minimum absolute atomic E-state index is 0.00613. The summed E-state index contributed by atoms with van der Waals surface area (Å²) >= 11 is 1.58. The lowest BCUT2D eigenvalue weighted by atomic mass is 9.73. The van der Waals surface area contributed by atoms with Gasteiger partial charge >= 0.3 is 11.9 Å². The number of piperazine rings is 1. The van der Waals surface area contributed by atoms with Crippen LogP contribution in [0.4, 0.5) is 0 Å². The molecule has 4 bridgehead atoms. The fourth-order valence-electron chi connectivity index (χ4n) is 9.92. The Morgan fingerprint density at radius 1 is 1.02 bits per heavy atom. The van der Waals surface area contributed by atoms with Crippen LogP contribution in [0.25, 0.3) is 0 Å². The fourth-order valence-corrected chi connectivity index (χ4v) is 11.6. The molecule has 2 fully saturated rings. The van der Waals surface area contributed by atoms with E-state index < -0.39 is 28.8 Å². The number of carbonyl (C=O) groups is 2. The molecular weight excluding hydrogens is 703 g/mol. The third kappa shape index (κ3) is 4.81. The number of hydrogen-bond donors (Lipinski definition) is 3. The maximum Gasteiger partial charge on any atom is 0.331 e. The molecule has 13 nitrogen and oxygen atoms in total. The first-order valence-corrected chi connectivity index (χ1v) is 19.0. The van der Waals surface area contributed by atoms with E-state index in [-0.39, 0.29) is 54.5 Å². The molecule has 3 N–H and O–H groups in total. The number of likely N-dealkylation sites (N-methyl/N-ethyl adjacent to an activating group) is 1. The molecular formula is C39H43N3O10S. The number of nitrogens with zero attached hydrogens (tertiary/aromatic N) is 2. The highest BCUT2D eigenvalue weighted by atomic mass is 32.2. The van der Waals surface area contributed by atoms with Crippen LogP contribution >= 0.6 is 11.8 Å². The van der Waals surface area contributed by atoms with Crippen molar-refractivity contribution in [3.8, 4) is 40.2 Å². The maximum atomic E-state index is 14.7. The second-order valence-corrected chi connectivity index (χ2v) is 16.0. The molecule has 7 aliphatic heterocycles. The molecule has 7 heterocycles. The topological polar surface area (TPSA) is 148 Å². The molecule has 1 unspecified atom stereocenters.